The largest absolute Gasteiger partial charge is 0.378 e. The highest BCUT2D eigenvalue weighted by Crippen LogP contribution is 2.25. The van der Waals surface area contributed by atoms with Crippen molar-refractivity contribution >= 4 is 39.2 Å². The second-order valence-electron chi connectivity index (χ2n) is 6.70. The first-order valence-corrected chi connectivity index (χ1v) is 10.2. The van der Waals surface area contributed by atoms with E-state index in [9.17, 15) is 13.2 Å². The molecule has 0 fully saturated rings. The number of anilines is 2. The van der Waals surface area contributed by atoms with Gasteiger partial charge in [-0.25, -0.2) is 0 Å². The lowest BCUT2D eigenvalue weighted by atomic mass is 10.1. The van der Waals surface area contributed by atoms with E-state index in [1.807, 2.05) is 49.3 Å². The first kappa shape index (κ1) is 20.5. The van der Waals surface area contributed by atoms with Gasteiger partial charge in [-0.15, -0.1) is 0 Å². The third-order valence-corrected chi connectivity index (χ3v) is 5.27. The van der Waals surface area contributed by atoms with Gasteiger partial charge in [-0.2, -0.15) is 18.5 Å². The lowest BCUT2D eigenvalue weighted by Crippen LogP contribution is -2.21. The summed E-state index contributed by atoms with van der Waals surface area (Å²) in [5.74, 6) is -0.310. The van der Waals surface area contributed by atoms with Crippen molar-refractivity contribution in [1.29, 1.82) is 0 Å². The quantitative estimate of drug-likeness (QED) is 0.602. The van der Waals surface area contributed by atoms with Crippen LogP contribution in [0.3, 0.4) is 0 Å². The van der Waals surface area contributed by atoms with Crippen molar-refractivity contribution in [1.82, 2.24) is 0 Å². The summed E-state index contributed by atoms with van der Waals surface area (Å²) in [6.45, 7) is 1.73. The van der Waals surface area contributed by atoms with Gasteiger partial charge >= 0.3 is 0 Å². The minimum atomic E-state index is -4.29. The second kappa shape index (κ2) is 8.02. The maximum Gasteiger partial charge on any atom is 0.294 e. The molecule has 0 saturated carbocycles. The van der Waals surface area contributed by atoms with E-state index < -0.39 is 10.1 Å². The molecule has 1 amide bonds. The molecule has 0 bridgehead atoms. The minimum Gasteiger partial charge on any atom is -0.378 e. The van der Waals surface area contributed by atoms with Gasteiger partial charge in [0.05, 0.1) is 21.9 Å². The molecule has 1 aliphatic rings. The van der Waals surface area contributed by atoms with Crippen LogP contribution in [-0.4, -0.2) is 38.7 Å². The summed E-state index contributed by atoms with van der Waals surface area (Å²) in [5, 5.41) is 5.45. The molecule has 0 radical (unpaired) electrons. The van der Waals surface area contributed by atoms with Crippen molar-refractivity contribution in [2.45, 2.75) is 11.8 Å². The predicted octanol–water partition coefficient (Wildman–Crippen LogP) is 3.36. The van der Waals surface area contributed by atoms with E-state index in [-0.39, 0.29) is 10.8 Å². The van der Waals surface area contributed by atoms with Gasteiger partial charge in [-0.3, -0.25) is 9.35 Å². The minimum absolute atomic E-state index is 0.243. The van der Waals surface area contributed by atoms with Crippen molar-refractivity contribution < 1.29 is 17.8 Å². The standard InChI is InChI=1S/C21H21N3O4S/c1-15-20(6-4-5-16-7-9-17(10-8-16)23(2)3)21(25)24(22-15)18-11-13-19(14-12-18)29(26,27)28/h4-14H,1-3H3,(H,26,27,28)/b5-4+,20-6+. The van der Waals surface area contributed by atoms with Gasteiger partial charge in [-0.05, 0) is 55.0 Å². The second-order valence-corrected chi connectivity index (χ2v) is 8.12. The van der Waals surface area contributed by atoms with Crippen LogP contribution in [0.15, 0.2) is 76.3 Å². The van der Waals surface area contributed by atoms with Gasteiger partial charge in [-0.1, -0.05) is 24.3 Å². The normalized spacial score (nSPS) is 16.0. The fourth-order valence-electron chi connectivity index (χ4n) is 2.78. The molecule has 0 unspecified atom stereocenters. The SMILES string of the molecule is CC1=NN(c2ccc(S(=O)(=O)O)cc2)C(=O)/C1=C/C=C/c1ccc(N(C)C)cc1. The van der Waals surface area contributed by atoms with E-state index in [4.69, 9.17) is 4.55 Å². The van der Waals surface area contributed by atoms with Crippen LogP contribution in [0.2, 0.25) is 0 Å². The molecule has 1 heterocycles. The van der Waals surface area contributed by atoms with Crippen LogP contribution in [0, 0.1) is 0 Å². The Balaban J connectivity index is 1.77. The molecular formula is C21H21N3O4S. The number of rotatable bonds is 5. The van der Waals surface area contributed by atoms with E-state index in [1.165, 1.54) is 29.3 Å². The Labute approximate surface area is 170 Å². The molecule has 0 aromatic heterocycles. The highest BCUT2D eigenvalue weighted by molar-refractivity contribution is 7.85. The zero-order valence-corrected chi connectivity index (χ0v) is 17.1. The van der Waals surface area contributed by atoms with E-state index >= 15 is 0 Å². The summed E-state index contributed by atoms with van der Waals surface area (Å²) in [5.41, 5.74) is 3.52. The van der Waals surface area contributed by atoms with E-state index in [0.717, 1.165) is 11.3 Å². The average molecular weight is 411 g/mol. The number of hydrazone groups is 1. The van der Waals surface area contributed by atoms with Gasteiger partial charge in [0.1, 0.15) is 0 Å². The van der Waals surface area contributed by atoms with E-state index in [1.54, 1.807) is 19.1 Å². The Kier molecular flexibility index (Phi) is 5.67. The highest BCUT2D eigenvalue weighted by atomic mass is 32.2. The zero-order chi connectivity index (χ0) is 21.2. The summed E-state index contributed by atoms with van der Waals surface area (Å²) in [4.78, 5) is 14.5. The van der Waals surface area contributed by atoms with Gasteiger partial charge in [0.15, 0.2) is 0 Å². The van der Waals surface area contributed by atoms with Crippen molar-refractivity contribution in [2.24, 2.45) is 5.10 Å². The van der Waals surface area contributed by atoms with Crippen molar-refractivity contribution in [3.8, 4) is 0 Å². The molecule has 0 saturated heterocycles. The Morgan fingerprint density at radius 1 is 1.03 bits per heavy atom. The van der Waals surface area contributed by atoms with Crippen LogP contribution in [0.25, 0.3) is 6.08 Å². The molecule has 2 aromatic rings. The lowest BCUT2D eigenvalue weighted by Gasteiger charge is -2.12. The van der Waals surface area contributed by atoms with Gasteiger partial charge in [0, 0.05) is 19.8 Å². The molecule has 0 spiro atoms. The predicted molar refractivity (Wildman–Crippen MR) is 115 cm³/mol. The van der Waals surface area contributed by atoms with Crippen LogP contribution in [0.1, 0.15) is 12.5 Å². The number of amides is 1. The van der Waals surface area contributed by atoms with Crippen molar-refractivity contribution in [2.75, 3.05) is 24.0 Å². The number of allylic oxidation sites excluding steroid dienone is 2. The maximum absolute atomic E-state index is 12.7. The molecule has 2 aromatic carbocycles. The molecule has 29 heavy (non-hydrogen) atoms. The molecule has 150 valence electrons. The number of hydrogen-bond donors (Lipinski definition) is 1. The third-order valence-electron chi connectivity index (χ3n) is 4.40. The summed E-state index contributed by atoms with van der Waals surface area (Å²) in [6.07, 6.45) is 5.39. The maximum atomic E-state index is 12.7. The fourth-order valence-corrected chi connectivity index (χ4v) is 3.26. The Morgan fingerprint density at radius 2 is 1.66 bits per heavy atom. The third kappa shape index (κ3) is 4.61. The van der Waals surface area contributed by atoms with E-state index in [0.29, 0.717) is 17.0 Å². The van der Waals surface area contributed by atoms with Crippen LogP contribution in [0.5, 0.6) is 0 Å². The van der Waals surface area contributed by atoms with Gasteiger partial charge < -0.3 is 4.90 Å². The Morgan fingerprint density at radius 3 is 2.21 bits per heavy atom. The summed E-state index contributed by atoms with van der Waals surface area (Å²) in [6, 6.07) is 13.3. The topological polar surface area (TPSA) is 90.3 Å². The monoisotopic (exact) mass is 411 g/mol. The number of carbonyl (C=O) groups excluding carboxylic acids is 1. The Hall–Kier alpha value is -3.23. The first-order valence-electron chi connectivity index (χ1n) is 8.80. The van der Waals surface area contributed by atoms with Crippen molar-refractivity contribution in [3.05, 3.63) is 71.8 Å². The summed E-state index contributed by atoms with van der Waals surface area (Å²) >= 11 is 0. The molecular weight excluding hydrogens is 390 g/mol. The average Bonchev–Trinajstić information content (AvgIpc) is 2.96. The van der Waals surface area contributed by atoms with Gasteiger partial charge in [0.25, 0.3) is 16.0 Å². The molecule has 7 nitrogen and oxygen atoms in total. The zero-order valence-electron chi connectivity index (χ0n) is 16.3. The summed E-state index contributed by atoms with van der Waals surface area (Å²) in [7, 11) is -0.332. The molecule has 3 rings (SSSR count). The first-order chi connectivity index (χ1) is 13.7. The molecule has 1 N–H and O–H groups in total. The Bertz CT molecular complexity index is 1110. The highest BCUT2D eigenvalue weighted by Gasteiger charge is 2.28. The van der Waals surface area contributed by atoms with Crippen LogP contribution < -0.4 is 9.91 Å². The number of nitrogens with zero attached hydrogens (tertiary/aromatic N) is 3. The van der Waals surface area contributed by atoms with E-state index in [2.05, 4.69) is 5.10 Å². The van der Waals surface area contributed by atoms with Crippen LogP contribution in [0.4, 0.5) is 11.4 Å². The fraction of sp³-hybridized carbons (Fsp3) is 0.143. The molecule has 1 aliphatic heterocycles. The molecule has 8 heteroatoms. The summed E-state index contributed by atoms with van der Waals surface area (Å²) < 4.78 is 31.4. The molecule has 0 aliphatic carbocycles. The van der Waals surface area contributed by atoms with Crippen LogP contribution >= 0.6 is 0 Å². The lowest BCUT2D eigenvalue weighted by molar-refractivity contribution is -0.114. The number of carbonyl (C=O) groups is 1. The molecule has 0 atom stereocenters. The smallest absolute Gasteiger partial charge is 0.294 e. The van der Waals surface area contributed by atoms with Crippen LogP contribution in [-0.2, 0) is 14.9 Å². The van der Waals surface area contributed by atoms with Gasteiger partial charge in [0.2, 0.25) is 0 Å². The number of hydrogen-bond acceptors (Lipinski definition) is 5. The number of benzene rings is 2. The van der Waals surface area contributed by atoms with Crippen molar-refractivity contribution in [3.63, 3.8) is 0 Å².